The Labute approximate surface area is 111 Å². The van der Waals surface area contributed by atoms with Crippen LogP contribution in [0.3, 0.4) is 0 Å². The Morgan fingerprint density at radius 2 is 2.11 bits per heavy atom. The molecule has 0 saturated heterocycles. The lowest BCUT2D eigenvalue weighted by Gasteiger charge is -2.40. The van der Waals surface area contributed by atoms with Crippen LogP contribution >= 0.6 is 0 Å². The highest BCUT2D eigenvalue weighted by Gasteiger charge is 2.40. The largest absolute Gasteiger partial charge is 0.394 e. The van der Waals surface area contributed by atoms with E-state index in [-0.39, 0.29) is 12.1 Å². The minimum absolute atomic E-state index is 0.0537. The van der Waals surface area contributed by atoms with Crippen LogP contribution in [0.25, 0.3) is 0 Å². The van der Waals surface area contributed by atoms with Crippen LogP contribution in [0.2, 0.25) is 0 Å². The van der Waals surface area contributed by atoms with Gasteiger partial charge in [-0.3, -0.25) is 0 Å². The second-order valence-corrected chi connectivity index (χ2v) is 6.63. The average Bonchev–Trinajstić information content (AvgIpc) is 3.13. The molecule has 2 aliphatic rings. The third-order valence-corrected chi connectivity index (χ3v) is 4.24. The third-order valence-electron chi connectivity index (χ3n) is 4.24. The SMILES string of the molecule is CC(C)CCOC1CCCC(CO)(NC2CC2)C1. The summed E-state index contributed by atoms with van der Waals surface area (Å²) >= 11 is 0. The van der Waals surface area contributed by atoms with Crippen LogP contribution in [-0.4, -0.2) is 36.0 Å². The van der Waals surface area contributed by atoms with Gasteiger partial charge in [0.2, 0.25) is 0 Å². The molecule has 106 valence electrons. The molecule has 0 bridgehead atoms. The van der Waals surface area contributed by atoms with Crippen molar-refractivity contribution < 1.29 is 9.84 Å². The Bertz CT molecular complexity index is 253. The van der Waals surface area contributed by atoms with E-state index < -0.39 is 0 Å². The molecule has 0 heterocycles. The maximum atomic E-state index is 9.73. The molecular formula is C15H29NO2. The molecule has 0 aliphatic heterocycles. The van der Waals surface area contributed by atoms with Gasteiger partial charge in [0.05, 0.1) is 12.7 Å². The molecule has 2 rings (SSSR count). The highest BCUT2D eigenvalue weighted by Crippen LogP contribution is 2.33. The lowest BCUT2D eigenvalue weighted by Crippen LogP contribution is -2.54. The Morgan fingerprint density at radius 3 is 2.72 bits per heavy atom. The van der Waals surface area contributed by atoms with Gasteiger partial charge in [0.25, 0.3) is 0 Å². The molecule has 0 amide bonds. The molecule has 0 radical (unpaired) electrons. The van der Waals surface area contributed by atoms with Gasteiger partial charge in [-0.05, 0) is 50.9 Å². The molecule has 0 spiro atoms. The number of nitrogens with one attached hydrogen (secondary N) is 1. The van der Waals surface area contributed by atoms with E-state index in [4.69, 9.17) is 4.74 Å². The fraction of sp³-hybridized carbons (Fsp3) is 1.00. The first-order valence-corrected chi connectivity index (χ1v) is 7.64. The van der Waals surface area contributed by atoms with E-state index in [1.165, 1.54) is 19.3 Å². The summed E-state index contributed by atoms with van der Waals surface area (Å²) in [6.07, 6.45) is 8.46. The van der Waals surface area contributed by atoms with Crippen molar-refractivity contribution in [3.8, 4) is 0 Å². The summed E-state index contributed by atoms with van der Waals surface area (Å²) in [4.78, 5) is 0. The van der Waals surface area contributed by atoms with Gasteiger partial charge >= 0.3 is 0 Å². The van der Waals surface area contributed by atoms with E-state index in [9.17, 15) is 5.11 Å². The van der Waals surface area contributed by atoms with Crippen molar-refractivity contribution in [2.45, 2.75) is 76.5 Å². The zero-order valence-electron chi connectivity index (χ0n) is 12.0. The highest BCUT2D eigenvalue weighted by atomic mass is 16.5. The average molecular weight is 255 g/mol. The summed E-state index contributed by atoms with van der Waals surface area (Å²) < 4.78 is 6.00. The Kier molecular flexibility index (Phi) is 5.05. The zero-order chi connectivity index (χ0) is 13.0. The fourth-order valence-electron chi connectivity index (χ4n) is 2.90. The van der Waals surface area contributed by atoms with Crippen molar-refractivity contribution >= 4 is 0 Å². The van der Waals surface area contributed by atoms with Gasteiger partial charge in [-0.2, -0.15) is 0 Å². The predicted molar refractivity (Wildman–Crippen MR) is 73.6 cm³/mol. The Morgan fingerprint density at radius 1 is 1.33 bits per heavy atom. The van der Waals surface area contributed by atoms with E-state index in [2.05, 4.69) is 19.2 Å². The summed E-state index contributed by atoms with van der Waals surface area (Å²) in [5.74, 6) is 0.709. The molecule has 0 aromatic heterocycles. The number of hydrogen-bond acceptors (Lipinski definition) is 3. The first-order valence-electron chi connectivity index (χ1n) is 7.64. The first kappa shape index (κ1) is 14.3. The van der Waals surface area contributed by atoms with Crippen LogP contribution in [0.15, 0.2) is 0 Å². The van der Waals surface area contributed by atoms with Crippen LogP contribution in [0.1, 0.15) is 58.8 Å². The van der Waals surface area contributed by atoms with Crippen molar-refractivity contribution in [3.63, 3.8) is 0 Å². The Hall–Kier alpha value is -0.120. The van der Waals surface area contributed by atoms with Crippen LogP contribution in [0.5, 0.6) is 0 Å². The zero-order valence-corrected chi connectivity index (χ0v) is 12.0. The topological polar surface area (TPSA) is 41.5 Å². The molecule has 3 nitrogen and oxygen atoms in total. The predicted octanol–water partition coefficient (Wildman–Crippen LogP) is 2.47. The smallest absolute Gasteiger partial charge is 0.0614 e. The van der Waals surface area contributed by atoms with Gasteiger partial charge < -0.3 is 15.2 Å². The molecule has 2 aliphatic carbocycles. The lowest BCUT2D eigenvalue weighted by molar-refractivity contribution is -0.0195. The lowest BCUT2D eigenvalue weighted by atomic mass is 9.80. The minimum atomic E-state index is -0.0537. The molecule has 3 heteroatoms. The number of aliphatic hydroxyl groups excluding tert-OH is 1. The number of ether oxygens (including phenoxy) is 1. The maximum Gasteiger partial charge on any atom is 0.0614 e. The molecule has 2 atom stereocenters. The second-order valence-electron chi connectivity index (χ2n) is 6.63. The van der Waals surface area contributed by atoms with Gasteiger partial charge in [-0.1, -0.05) is 13.8 Å². The van der Waals surface area contributed by atoms with Crippen LogP contribution in [-0.2, 0) is 4.74 Å². The van der Waals surface area contributed by atoms with Crippen molar-refractivity contribution in [1.82, 2.24) is 5.32 Å². The quantitative estimate of drug-likeness (QED) is 0.734. The van der Waals surface area contributed by atoms with Crippen molar-refractivity contribution in [2.75, 3.05) is 13.2 Å². The highest BCUT2D eigenvalue weighted by molar-refractivity contribution is 4.99. The summed E-state index contributed by atoms with van der Waals surface area (Å²) in [5.41, 5.74) is -0.0537. The minimum Gasteiger partial charge on any atom is -0.394 e. The molecule has 0 aromatic rings. The van der Waals surface area contributed by atoms with Gasteiger partial charge in [0.1, 0.15) is 0 Å². The molecule has 2 saturated carbocycles. The summed E-state index contributed by atoms with van der Waals surface area (Å²) in [7, 11) is 0. The monoisotopic (exact) mass is 255 g/mol. The van der Waals surface area contributed by atoms with Crippen molar-refractivity contribution in [3.05, 3.63) is 0 Å². The van der Waals surface area contributed by atoms with Gasteiger partial charge in [-0.25, -0.2) is 0 Å². The number of hydrogen-bond donors (Lipinski definition) is 2. The molecule has 2 N–H and O–H groups in total. The van der Waals surface area contributed by atoms with Crippen LogP contribution in [0.4, 0.5) is 0 Å². The standard InChI is InChI=1S/C15H29NO2/c1-12(2)7-9-18-14-4-3-8-15(10-14,11-17)16-13-5-6-13/h12-14,16-17H,3-11H2,1-2H3. The molecule has 18 heavy (non-hydrogen) atoms. The van der Waals surface area contributed by atoms with E-state index in [1.807, 2.05) is 0 Å². The van der Waals surface area contributed by atoms with E-state index in [0.717, 1.165) is 32.3 Å². The third kappa shape index (κ3) is 4.22. The van der Waals surface area contributed by atoms with E-state index in [1.54, 1.807) is 0 Å². The summed E-state index contributed by atoms with van der Waals surface area (Å²) in [5, 5.41) is 13.4. The van der Waals surface area contributed by atoms with Crippen LogP contribution in [0, 0.1) is 5.92 Å². The Balaban J connectivity index is 1.78. The molecule has 0 aromatic carbocycles. The summed E-state index contributed by atoms with van der Waals surface area (Å²) in [6.45, 7) is 5.59. The number of rotatable bonds is 7. The maximum absolute atomic E-state index is 9.73. The van der Waals surface area contributed by atoms with E-state index >= 15 is 0 Å². The summed E-state index contributed by atoms with van der Waals surface area (Å²) in [6, 6.07) is 0.659. The normalized spacial score (nSPS) is 33.0. The molecular weight excluding hydrogens is 226 g/mol. The number of aliphatic hydroxyl groups is 1. The fourth-order valence-corrected chi connectivity index (χ4v) is 2.90. The van der Waals surface area contributed by atoms with Crippen LogP contribution < -0.4 is 5.32 Å². The molecule has 2 unspecified atom stereocenters. The van der Waals surface area contributed by atoms with E-state index in [0.29, 0.717) is 18.1 Å². The van der Waals surface area contributed by atoms with Gasteiger partial charge in [0.15, 0.2) is 0 Å². The van der Waals surface area contributed by atoms with Crippen molar-refractivity contribution in [2.24, 2.45) is 5.92 Å². The second kappa shape index (κ2) is 6.36. The molecule has 2 fully saturated rings. The van der Waals surface area contributed by atoms with Crippen molar-refractivity contribution in [1.29, 1.82) is 0 Å². The van der Waals surface area contributed by atoms with Gasteiger partial charge in [0, 0.05) is 18.2 Å². The first-order chi connectivity index (χ1) is 8.63. The van der Waals surface area contributed by atoms with Gasteiger partial charge in [-0.15, -0.1) is 0 Å².